The molecule has 1 heterocycles. The summed E-state index contributed by atoms with van der Waals surface area (Å²) in [6.45, 7) is 13.5. The fraction of sp³-hybridized carbons (Fsp3) is 0.500. The number of hydrogen-bond acceptors (Lipinski definition) is 1. The van der Waals surface area contributed by atoms with Crippen LogP contribution in [0.25, 0.3) is 4.85 Å². The first kappa shape index (κ1) is 9.28. The fourth-order valence-electron chi connectivity index (χ4n) is 1.04. The second-order valence-electron chi connectivity index (χ2n) is 4.09. The molecule has 1 nitrogen and oxygen atoms in total. The third-order valence-electron chi connectivity index (χ3n) is 1.46. The lowest BCUT2D eigenvalue weighted by Crippen LogP contribution is -2.07. The number of thiophene rings is 1. The average molecular weight is 179 g/mol. The van der Waals surface area contributed by atoms with E-state index in [9.17, 15) is 0 Å². The van der Waals surface area contributed by atoms with Crippen molar-refractivity contribution in [1.82, 2.24) is 0 Å². The lowest BCUT2D eigenvalue weighted by molar-refractivity contribution is 0.414. The maximum absolute atomic E-state index is 6.82. The van der Waals surface area contributed by atoms with Crippen LogP contribution >= 0.6 is 11.3 Å². The van der Waals surface area contributed by atoms with E-state index < -0.39 is 0 Å². The molecular formula is C10H13NS. The SMILES string of the molecule is [C-]#[N+]c1ccc(CC(C)(C)C)s1. The summed E-state index contributed by atoms with van der Waals surface area (Å²) in [4.78, 5) is 4.70. The van der Waals surface area contributed by atoms with Gasteiger partial charge in [0.1, 0.15) is 0 Å². The molecule has 0 aromatic carbocycles. The minimum atomic E-state index is 0.324. The van der Waals surface area contributed by atoms with Gasteiger partial charge >= 0.3 is 0 Å². The van der Waals surface area contributed by atoms with Crippen LogP contribution in [0.1, 0.15) is 25.6 Å². The first-order valence-corrected chi connectivity index (χ1v) is 4.79. The molecule has 1 aromatic heterocycles. The van der Waals surface area contributed by atoms with E-state index in [1.54, 1.807) is 11.3 Å². The summed E-state index contributed by atoms with van der Waals surface area (Å²) in [5.41, 5.74) is 0.324. The molecule has 0 aliphatic carbocycles. The molecule has 0 atom stereocenters. The van der Waals surface area contributed by atoms with Crippen molar-refractivity contribution in [2.75, 3.05) is 0 Å². The highest BCUT2D eigenvalue weighted by Crippen LogP contribution is 2.30. The summed E-state index contributed by atoms with van der Waals surface area (Å²) < 4.78 is 0. The Morgan fingerprint density at radius 1 is 1.42 bits per heavy atom. The minimum Gasteiger partial charge on any atom is -0.227 e. The quantitative estimate of drug-likeness (QED) is 0.576. The van der Waals surface area contributed by atoms with Gasteiger partial charge in [0.25, 0.3) is 0 Å². The number of hydrogen-bond donors (Lipinski definition) is 0. The second-order valence-corrected chi connectivity index (χ2v) is 5.24. The topological polar surface area (TPSA) is 4.36 Å². The van der Waals surface area contributed by atoms with Crippen LogP contribution in [0.4, 0.5) is 5.00 Å². The van der Waals surface area contributed by atoms with E-state index in [2.05, 4.69) is 31.7 Å². The Hall–Kier alpha value is -0.810. The molecule has 0 N–H and O–H groups in total. The van der Waals surface area contributed by atoms with Gasteiger partial charge in [-0.3, -0.25) is 0 Å². The molecule has 0 saturated heterocycles. The molecule has 64 valence electrons. The Balaban J connectivity index is 2.72. The highest BCUT2D eigenvalue weighted by atomic mass is 32.1. The van der Waals surface area contributed by atoms with Crippen LogP contribution in [-0.4, -0.2) is 0 Å². The van der Waals surface area contributed by atoms with Gasteiger partial charge < -0.3 is 0 Å². The van der Waals surface area contributed by atoms with Crippen LogP contribution in [0.15, 0.2) is 12.1 Å². The predicted molar refractivity (Wildman–Crippen MR) is 53.7 cm³/mol. The van der Waals surface area contributed by atoms with Crippen LogP contribution in [-0.2, 0) is 6.42 Å². The van der Waals surface area contributed by atoms with Gasteiger partial charge in [-0.2, -0.15) is 11.3 Å². The highest BCUT2D eigenvalue weighted by molar-refractivity contribution is 7.16. The molecule has 2 heteroatoms. The van der Waals surface area contributed by atoms with Crippen LogP contribution in [0.3, 0.4) is 0 Å². The van der Waals surface area contributed by atoms with Crippen LogP contribution < -0.4 is 0 Å². The van der Waals surface area contributed by atoms with Crippen LogP contribution in [0, 0.1) is 12.0 Å². The number of rotatable bonds is 1. The first-order chi connectivity index (χ1) is 5.51. The maximum atomic E-state index is 6.82. The summed E-state index contributed by atoms with van der Waals surface area (Å²) in [5, 5.41) is 0.800. The zero-order valence-electron chi connectivity index (χ0n) is 7.72. The Morgan fingerprint density at radius 3 is 2.50 bits per heavy atom. The lowest BCUT2D eigenvalue weighted by Gasteiger charge is -2.16. The van der Waals surface area contributed by atoms with Crippen molar-refractivity contribution in [2.24, 2.45) is 5.41 Å². The van der Waals surface area contributed by atoms with Crippen molar-refractivity contribution in [3.05, 3.63) is 28.4 Å². The van der Waals surface area contributed by atoms with Gasteiger partial charge in [0, 0.05) is 0 Å². The molecule has 0 radical (unpaired) electrons. The molecule has 0 bridgehead atoms. The summed E-state index contributed by atoms with van der Waals surface area (Å²) in [6, 6.07) is 3.96. The molecular weight excluding hydrogens is 166 g/mol. The van der Waals surface area contributed by atoms with E-state index in [4.69, 9.17) is 6.57 Å². The average Bonchev–Trinajstić information content (AvgIpc) is 2.32. The molecule has 1 aromatic rings. The zero-order chi connectivity index (χ0) is 9.19. The summed E-state index contributed by atoms with van der Waals surface area (Å²) in [6.07, 6.45) is 1.06. The molecule has 0 aliphatic rings. The molecule has 0 amide bonds. The van der Waals surface area contributed by atoms with Gasteiger partial charge in [-0.25, -0.2) is 4.85 Å². The van der Waals surface area contributed by atoms with Gasteiger partial charge in [0.15, 0.2) is 0 Å². The van der Waals surface area contributed by atoms with Crippen molar-refractivity contribution in [2.45, 2.75) is 27.2 Å². The van der Waals surface area contributed by atoms with Crippen molar-refractivity contribution in [3.63, 3.8) is 0 Å². The van der Waals surface area contributed by atoms with Crippen LogP contribution in [0.2, 0.25) is 0 Å². The third-order valence-corrected chi connectivity index (χ3v) is 2.44. The Bertz CT molecular complexity index is 298. The highest BCUT2D eigenvalue weighted by Gasteiger charge is 2.12. The maximum Gasteiger partial charge on any atom is 0.241 e. The molecule has 0 unspecified atom stereocenters. The van der Waals surface area contributed by atoms with Gasteiger partial charge in [-0.1, -0.05) is 26.8 Å². The van der Waals surface area contributed by atoms with Gasteiger partial charge in [0.05, 0.1) is 6.57 Å². The van der Waals surface area contributed by atoms with Gasteiger partial charge in [0.2, 0.25) is 5.00 Å². The normalized spacial score (nSPS) is 11.2. The fourth-order valence-corrected chi connectivity index (χ4v) is 2.14. The van der Waals surface area contributed by atoms with Crippen molar-refractivity contribution in [3.8, 4) is 0 Å². The van der Waals surface area contributed by atoms with E-state index in [-0.39, 0.29) is 0 Å². The first-order valence-electron chi connectivity index (χ1n) is 3.97. The van der Waals surface area contributed by atoms with E-state index in [0.717, 1.165) is 11.4 Å². The Labute approximate surface area is 77.9 Å². The van der Waals surface area contributed by atoms with Crippen molar-refractivity contribution in [1.29, 1.82) is 0 Å². The largest absolute Gasteiger partial charge is 0.241 e. The zero-order valence-corrected chi connectivity index (χ0v) is 8.53. The van der Waals surface area contributed by atoms with E-state index in [0.29, 0.717) is 5.41 Å². The lowest BCUT2D eigenvalue weighted by atomic mass is 9.92. The Kier molecular flexibility index (Phi) is 2.54. The second kappa shape index (κ2) is 3.28. The summed E-state index contributed by atoms with van der Waals surface area (Å²) in [5.74, 6) is 0. The van der Waals surface area contributed by atoms with E-state index in [1.165, 1.54) is 4.88 Å². The standard InChI is InChI=1S/C10H13NS/c1-10(2,3)7-8-5-6-9(11-4)12-8/h5-6H,7H2,1-3H3. The van der Waals surface area contributed by atoms with Gasteiger partial charge in [-0.15, -0.1) is 0 Å². The third kappa shape index (κ3) is 2.67. The van der Waals surface area contributed by atoms with Crippen molar-refractivity contribution < 1.29 is 0 Å². The monoisotopic (exact) mass is 179 g/mol. The van der Waals surface area contributed by atoms with Gasteiger partial charge in [-0.05, 0) is 22.8 Å². The summed E-state index contributed by atoms with van der Waals surface area (Å²) >= 11 is 1.61. The van der Waals surface area contributed by atoms with Crippen LogP contribution in [0.5, 0.6) is 0 Å². The summed E-state index contributed by atoms with van der Waals surface area (Å²) in [7, 11) is 0. The smallest absolute Gasteiger partial charge is 0.227 e. The molecule has 0 saturated carbocycles. The number of nitrogens with zero attached hydrogens (tertiary/aromatic N) is 1. The molecule has 12 heavy (non-hydrogen) atoms. The molecule has 0 aliphatic heterocycles. The predicted octanol–water partition coefficient (Wildman–Crippen LogP) is 3.89. The minimum absolute atomic E-state index is 0.324. The molecule has 0 fully saturated rings. The molecule has 0 spiro atoms. The molecule has 1 rings (SSSR count). The van der Waals surface area contributed by atoms with E-state index >= 15 is 0 Å². The van der Waals surface area contributed by atoms with Crippen molar-refractivity contribution >= 4 is 16.3 Å². The van der Waals surface area contributed by atoms with E-state index in [1.807, 2.05) is 6.07 Å². The Morgan fingerprint density at radius 2 is 2.08 bits per heavy atom.